The van der Waals surface area contributed by atoms with E-state index in [1.54, 1.807) is 0 Å². The normalized spacial score (nSPS) is 13.2. The molecule has 0 bridgehead atoms. The van der Waals surface area contributed by atoms with E-state index in [-0.39, 0.29) is 16.7 Å². The molecule has 0 radical (unpaired) electrons. The molecule has 0 aromatic heterocycles. The Morgan fingerprint density at radius 1 is 0.875 bits per heavy atom. The quantitative estimate of drug-likeness (QED) is 0.318. The summed E-state index contributed by atoms with van der Waals surface area (Å²) in [5, 5.41) is 12.0. The van der Waals surface area contributed by atoms with Crippen LogP contribution in [0.3, 0.4) is 0 Å². The van der Waals surface area contributed by atoms with Crippen molar-refractivity contribution in [2.75, 3.05) is 0 Å². The van der Waals surface area contributed by atoms with Crippen LogP contribution in [0.2, 0.25) is 5.02 Å². The Hall–Kier alpha value is -2.22. The standard InChI is InChI=1S/C15H8ClF6NO/c16-12-4-2-1-3-11(12)13(23-24)8-5-9(14(17,18)19)7-10(6-8)15(20,21)22/h1-7,24H/b23-13+. The van der Waals surface area contributed by atoms with E-state index in [9.17, 15) is 26.3 Å². The summed E-state index contributed by atoms with van der Waals surface area (Å²) in [6.45, 7) is 0. The van der Waals surface area contributed by atoms with Crippen LogP contribution in [-0.4, -0.2) is 10.9 Å². The molecule has 0 unspecified atom stereocenters. The number of rotatable bonds is 2. The lowest BCUT2D eigenvalue weighted by molar-refractivity contribution is -0.143. The van der Waals surface area contributed by atoms with Crippen molar-refractivity contribution in [2.24, 2.45) is 5.16 Å². The summed E-state index contributed by atoms with van der Waals surface area (Å²) in [4.78, 5) is 0. The summed E-state index contributed by atoms with van der Waals surface area (Å²) in [6, 6.07) is 6.55. The van der Waals surface area contributed by atoms with E-state index in [0.717, 1.165) is 0 Å². The topological polar surface area (TPSA) is 32.6 Å². The molecule has 0 heterocycles. The van der Waals surface area contributed by atoms with Gasteiger partial charge < -0.3 is 5.21 Å². The highest BCUT2D eigenvalue weighted by Gasteiger charge is 2.37. The first kappa shape index (κ1) is 18.1. The first-order valence-corrected chi connectivity index (χ1v) is 6.68. The van der Waals surface area contributed by atoms with Gasteiger partial charge in [-0.2, -0.15) is 26.3 Å². The highest BCUT2D eigenvalue weighted by molar-refractivity contribution is 6.35. The van der Waals surface area contributed by atoms with Crippen molar-refractivity contribution < 1.29 is 31.5 Å². The fraction of sp³-hybridized carbons (Fsp3) is 0.133. The zero-order chi connectivity index (χ0) is 18.1. The molecular formula is C15H8ClF6NO. The Kier molecular flexibility index (Phi) is 4.80. The molecule has 1 N–H and O–H groups in total. The Morgan fingerprint density at radius 3 is 1.79 bits per heavy atom. The predicted octanol–water partition coefficient (Wildman–Crippen LogP) is 5.60. The molecule has 128 valence electrons. The van der Waals surface area contributed by atoms with Gasteiger partial charge in [0.25, 0.3) is 0 Å². The van der Waals surface area contributed by atoms with Gasteiger partial charge in [-0.25, -0.2) is 0 Å². The van der Waals surface area contributed by atoms with Gasteiger partial charge in [-0.15, -0.1) is 0 Å². The third-order valence-corrected chi connectivity index (χ3v) is 3.42. The number of benzene rings is 2. The largest absolute Gasteiger partial charge is 0.416 e. The van der Waals surface area contributed by atoms with E-state index in [2.05, 4.69) is 5.16 Å². The van der Waals surface area contributed by atoms with Crippen molar-refractivity contribution in [3.63, 3.8) is 0 Å². The first-order valence-electron chi connectivity index (χ1n) is 6.31. The molecule has 0 saturated carbocycles. The Bertz CT molecular complexity index is 750. The summed E-state index contributed by atoms with van der Waals surface area (Å²) in [5.41, 5.74) is -4.10. The zero-order valence-electron chi connectivity index (χ0n) is 11.6. The summed E-state index contributed by atoms with van der Waals surface area (Å²) in [6.07, 6.45) is -10.0. The lowest BCUT2D eigenvalue weighted by atomic mass is 9.97. The molecule has 2 rings (SSSR count). The summed E-state index contributed by atoms with van der Waals surface area (Å²) < 4.78 is 77.3. The van der Waals surface area contributed by atoms with Gasteiger partial charge in [0.05, 0.1) is 16.1 Å². The molecule has 0 aliphatic carbocycles. The molecule has 2 aromatic carbocycles. The Balaban J connectivity index is 2.71. The monoisotopic (exact) mass is 367 g/mol. The van der Waals surface area contributed by atoms with Crippen molar-refractivity contribution in [3.05, 3.63) is 69.7 Å². The van der Waals surface area contributed by atoms with Gasteiger partial charge in [0.1, 0.15) is 5.71 Å². The van der Waals surface area contributed by atoms with E-state index in [1.807, 2.05) is 0 Å². The maximum absolute atomic E-state index is 12.9. The fourth-order valence-corrected chi connectivity index (χ4v) is 2.24. The van der Waals surface area contributed by atoms with Crippen LogP contribution in [0, 0.1) is 0 Å². The maximum atomic E-state index is 12.9. The van der Waals surface area contributed by atoms with E-state index in [0.29, 0.717) is 12.1 Å². The predicted molar refractivity (Wildman–Crippen MR) is 75.3 cm³/mol. The summed E-state index contributed by atoms with van der Waals surface area (Å²) >= 11 is 5.87. The van der Waals surface area contributed by atoms with Gasteiger partial charge in [0.15, 0.2) is 0 Å². The lowest BCUT2D eigenvalue weighted by Crippen LogP contribution is -2.14. The van der Waals surface area contributed by atoms with Crippen molar-refractivity contribution in [2.45, 2.75) is 12.4 Å². The molecule has 9 heteroatoms. The number of halogens is 7. The summed E-state index contributed by atoms with van der Waals surface area (Å²) in [7, 11) is 0. The average molecular weight is 368 g/mol. The number of nitrogens with zero attached hydrogens (tertiary/aromatic N) is 1. The fourth-order valence-electron chi connectivity index (χ4n) is 2.01. The Morgan fingerprint density at radius 2 is 1.38 bits per heavy atom. The van der Waals surface area contributed by atoms with Gasteiger partial charge in [-0.05, 0) is 24.3 Å². The van der Waals surface area contributed by atoms with Crippen LogP contribution < -0.4 is 0 Å². The van der Waals surface area contributed by atoms with Crippen LogP contribution in [0.15, 0.2) is 47.6 Å². The molecule has 2 aromatic rings. The molecule has 0 aliphatic rings. The van der Waals surface area contributed by atoms with Gasteiger partial charge in [0.2, 0.25) is 0 Å². The van der Waals surface area contributed by atoms with E-state index >= 15 is 0 Å². The Labute approximate surface area is 137 Å². The van der Waals surface area contributed by atoms with E-state index < -0.39 is 34.8 Å². The third kappa shape index (κ3) is 3.81. The summed E-state index contributed by atoms with van der Waals surface area (Å²) in [5.74, 6) is 0. The molecular weight excluding hydrogens is 360 g/mol. The van der Waals surface area contributed by atoms with Gasteiger partial charge in [0, 0.05) is 11.1 Å². The van der Waals surface area contributed by atoms with Crippen molar-refractivity contribution in [3.8, 4) is 0 Å². The number of oxime groups is 1. The third-order valence-electron chi connectivity index (χ3n) is 3.09. The van der Waals surface area contributed by atoms with Crippen LogP contribution in [0.4, 0.5) is 26.3 Å². The zero-order valence-corrected chi connectivity index (χ0v) is 12.3. The van der Waals surface area contributed by atoms with Gasteiger partial charge >= 0.3 is 12.4 Å². The number of hydrogen-bond donors (Lipinski definition) is 1. The number of alkyl halides is 6. The molecule has 0 aliphatic heterocycles. The first-order chi connectivity index (χ1) is 11.0. The van der Waals surface area contributed by atoms with Crippen LogP contribution in [0.5, 0.6) is 0 Å². The van der Waals surface area contributed by atoms with Crippen molar-refractivity contribution in [1.82, 2.24) is 0 Å². The molecule has 0 amide bonds. The smallest absolute Gasteiger partial charge is 0.410 e. The second kappa shape index (κ2) is 6.35. The minimum absolute atomic E-state index is 0.00545. The van der Waals surface area contributed by atoms with E-state index in [1.165, 1.54) is 24.3 Å². The van der Waals surface area contributed by atoms with Crippen molar-refractivity contribution in [1.29, 1.82) is 0 Å². The average Bonchev–Trinajstić information content (AvgIpc) is 2.48. The SMILES string of the molecule is O/N=C(\c1cc(C(F)(F)F)cc(C(F)(F)F)c1)c1ccccc1Cl. The maximum Gasteiger partial charge on any atom is 0.416 e. The van der Waals surface area contributed by atoms with Crippen LogP contribution in [0.25, 0.3) is 0 Å². The lowest BCUT2D eigenvalue weighted by Gasteiger charge is -2.15. The second-order valence-electron chi connectivity index (χ2n) is 4.72. The highest BCUT2D eigenvalue weighted by Crippen LogP contribution is 2.37. The second-order valence-corrected chi connectivity index (χ2v) is 5.13. The van der Waals surface area contributed by atoms with Gasteiger partial charge in [-0.3, -0.25) is 0 Å². The minimum Gasteiger partial charge on any atom is -0.410 e. The minimum atomic E-state index is -5.00. The molecule has 2 nitrogen and oxygen atoms in total. The van der Waals surface area contributed by atoms with Crippen LogP contribution >= 0.6 is 11.6 Å². The van der Waals surface area contributed by atoms with Crippen LogP contribution in [-0.2, 0) is 12.4 Å². The molecule has 24 heavy (non-hydrogen) atoms. The van der Waals surface area contributed by atoms with Crippen molar-refractivity contribution >= 4 is 17.3 Å². The van der Waals surface area contributed by atoms with Gasteiger partial charge in [-0.1, -0.05) is 35.0 Å². The van der Waals surface area contributed by atoms with E-state index in [4.69, 9.17) is 16.8 Å². The molecule has 0 saturated heterocycles. The number of hydrogen-bond acceptors (Lipinski definition) is 2. The van der Waals surface area contributed by atoms with Crippen LogP contribution in [0.1, 0.15) is 22.3 Å². The molecule has 0 fully saturated rings. The molecule has 0 spiro atoms. The highest BCUT2D eigenvalue weighted by atomic mass is 35.5. The molecule has 0 atom stereocenters.